The SMILES string of the molecule is N#CC[C@H]1CCOC[C@H]1F. The van der Waals surface area contributed by atoms with Gasteiger partial charge in [-0.2, -0.15) is 5.26 Å². The first kappa shape index (κ1) is 7.49. The molecule has 1 aliphatic heterocycles. The van der Waals surface area contributed by atoms with Gasteiger partial charge in [-0.25, -0.2) is 4.39 Å². The van der Waals surface area contributed by atoms with E-state index in [1.807, 2.05) is 6.07 Å². The van der Waals surface area contributed by atoms with Crippen LogP contribution in [0.15, 0.2) is 0 Å². The fourth-order valence-corrected chi connectivity index (χ4v) is 1.09. The van der Waals surface area contributed by atoms with E-state index in [0.29, 0.717) is 19.4 Å². The zero-order chi connectivity index (χ0) is 7.40. The Morgan fingerprint density at radius 2 is 2.50 bits per heavy atom. The Balaban J connectivity index is 2.34. The topological polar surface area (TPSA) is 33.0 Å². The van der Waals surface area contributed by atoms with E-state index in [0.717, 1.165) is 0 Å². The molecule has 0 aromatic rings. The maximum Gasteiger partial charge on any atom is 0.127 e. The van der Waals surface area contributed by atoms with Crippen LogP contribution in [0.3, 0.4) is 0 Å². The first-order chi connectivity index (χ1) is 4.84. The Hall–Kier alpha value is -0.620. The van der Waals surface area contributed by atoms with Gasteiger partial charge in [-0.15, -0.1) is 0 Å². The highest BCUT2D eigenvalue weighted by Crippen LogP contribution is 2.20. The molecular weight excluding hydrogens is 133 g/mol. The summed E-state index contributed by atoms with van der Waals surface area (Å²) in [7, 11) is 0. The molecule has 1 heterocycles. The third-order valence-electron chi connectivity index (χ3n) is 1.78. The smallest absolute Gasteiger partial charge is 0.127 e. The number of nitrogens with zero attached hydrogens (tertiary/aromatic N) is 1. The predicted molar refractivity (Wildman–Crippen MR) is 34.1 cm³/mol. The standard InChI is InChI=1S/C7H10FNO/c8-7-5-10-4-2-6(7)1-3-9/h6-7H,1-2,4-5H2/t6-,7+/m0/s1. The summed E-state index contributed by atoms with van der Waals surface area (Å²) in [6.07, 6.45) is 0.0904. The van der Waals surface area contributed by atoms with Crippen molar-refractivity contribution in [3.8, 4) is 6.07 Å². The summed E-state index contributed by atoms with van der Waals surface area (Å²) in [5.74, 6) is -0.0845. The van der Waals surface area contributed by atoms with Crippen LogP contribution in [0.5, 0.6) is 0 Å². The average Bonchev–Trinajstić information content (AvgIpc) is 1.94. The maximum atomic E-state index is 12.8. The van der Waals surface area contributed by atoms with Gasteiger partial charge in [-0.1, -0.05) is 0 Å². The van der Waals surface area contributed by atoms with Gasteiger partial charge in [-0.05, 0) is 6.42 Å². The third kappa shape index (κ3) is 1.68. The molecule has 2 atom stereocenters. The minimum Gasteiger partial charge on any atom is -0.378 e. The first-order valence-corrected chi connectivity index (χ1v) is 3.43. The van der Waals surface area contributed by atoms with E-state index in [2.05, 4.69) is 0 Å². The lowest BCUT2D eigenvalue weighted by Crippen LogP contribution is -2.28. The van der Waals surface area contributed by atoms with Gasteiger partial charge in [0.25, 0.3) is 0 Å². The molecule has 0 aromatic heterocycles. The molecule has 1 fully saturated rings. The molecule has 1 saturated heterocycles. The summed E-state index contributed by atoms with van der Waals surface area (Å²) in [5, 5.41) is 8.28. The molecule has 0 aliphatic carbocycles. The molecule has 1 aliphatic rings. The van der Waals surface area contributed by atoms with Gasteiger partial charge >= 0.3 is 0 Å². The molecule has 0 radical (unpaired) electrons. The molecule has 2 nitrogen and oxygen atoms in total. The van der Waals surface area contributed by atoms with E-state index in [1.165, 1.54) is 0 Å². The molecule has 56 valence electrons. The minimum absolute atomic E-state index is 0.0845. The molecule has 0 amide bonds. The molecule has 0 N–H and O–H groups in total. The van der Waals surface area contributed by atoms with Gasteiger partial charge in [0.15, 0.2) is 0 Å². The first-order valence-electron chi connectivity index (χ1n) is 3.43. The number of hydrogen-bond acceptors (Lipinski definition) is 2. The Bertz CT molecular complexity index is 143. The van der Waals surface area contributed by atoms with Crippen LogP contribution >= 0.6 is 0 Å². The van der Waals surface area contributed by atoms with Crippen LogP contribution < -0.4 is 0 Å². The predicted octanol–water partition coefficient (Wildman–Crippen LogP) is 1.27. The molecule has 3 heteroatoms. The molecule has 0 spiro atoms. The third-order valence-corrected chi connectivity index (χ3v) is 1.78. The van der Waals surface area contributed by atoms with Crippen molar-refractivity contribution < 1.29 is 9.13 Å². The fourth-order valence-electron chi connectivity index (χ4n) is 1.09. The lowest BCUT2D eigenvalue weighted by molar-refractivity contribution is 0.000146. The normalized spacial score (nSPS) is 33.2. The minimum atomic E-state index is -0.923. The summed E-state index contributed by atoms with van der Waals surface area (Å²) in [6, 6.07) is 1.97. The largest absolute Gasteiger partial charge is 0.378 e. The lowest BCUT2D eigenvalue weighted by atomic mass is 9.96. The maximum absolute atomic E-state index is 12.8. The van der Waals surface area contributed by atoms with Gasteiger partial charge < -0.3 is 4.74 Å². The van der Waals surface area contributed by atoms with Crippen LogP contribution in [0.1, 0.15) is 12.8 Å². The molecule has 0 unspecified atom stereocenters. The number of nitriles is 1. The van der Waals surface area contributed by atoms with Crippen molar-refractivity contribution in [1.82, 2.24) is 0 Å². The highest BCUT2D eigenvalue weighted by molar-refractivity contribution is 4.82. The van der Waals surface area contributed by atoms with Crippen LogP contribution in [0.2, 0.25) is 0 Å². The Morgan fingerprint density at radius 3 is 3.10 bits per heavy atom. The van der Waals surface area contributed by atoms with E-state index >= 15 is 0 Å². The van der Waals surface area contributed by atoms with Crippen LogP contribution in [0, 0.1) is 17.2 Å². The van der Waals surface area contributed by atoms with Gasteiger partial charge in [-0.3, -0.25) is 0 Å². The van der Waals surface area contributed by atoms with Crippen molar-refractivity contribution in [2.75, 3.05) is 13.2 Å². The Morgan fingerprint density at radius 1 is 1.70 bits per heavy atom. The lowest BCUT2D eigenvalue weighted by Gasteiger charge is -2.23. The van der Waals surface area contributed by atoms with Crippen molar-refractivity contribution in [2.45, 2.75) is 19.0 Å². The number of ether oxygens (including phenoxy) is 1. The number of alkyl halides is 1. The molecule has 0 aromatic carbocycles. The Kier molecular flexibility index (Phi) is 2.64. The zero-order valence-corrected chi connectivity index (χ0v) is 5.72. The quantitative estimate of drug-likeness (QED) is 0.553. The highest BCUT2D eigenvalue weighted by Gasteiger charge is 2.24. The number of halogens is 1. The summed E-state index contributed by atoms with van der Waals surface area (Å²) in [6.45, 7) is 0.777. The second-order valence-corrected chi connectivity index (χ2v) is 2.50. The van der Waals surface area contributed by atoms with E-state index in [1.54, 1.807) is 0 Å². The van der Waals surface area contributed by atoms with E-state index in [9.17, 15) is 4.39 Å². The van der Waals surface area contributed by atoms with E-state index in [4.69, 9.17) is 10.00 Å². The average molecular weight is 143 g/mol. The summed E-state index contributed by atoms with van der Waals surface area (Å²) in [5.41, 5.74) is 0. The zero-order valence-electron chi connectivity index (χ0n) is 5.72. The van der Waals surface area contributed by atoms with Gasteiger partial charge in [0, 0.05) is 18.9 Å². The van der Waals surface area contributed by atoms with Crippen LogP contribution in [-0.2, 0) is 4.74 Å². The van der Waals surface area contributed by atoms with Crippen LogP contribution in [0.25, 0.3) is 0 Å². The fraction of sp³-hybridized carbons (Fsp3) is 0.857. The molecule has 1 rings (SSSR count). The van der Waals surface area contributed by atoms with Gasteiger partial charge in [0.05, 0.1) is 12.7 Å². The monoisotopic (exact) mass is 143 g/mol. The van der Waals surface area contributed by atoms with Crippen molar-refractivity contribution in [3.63, 3.8) is 0 Å². The van der Waals surface area contributed by atoms with Crippen molar-refractivity contribution in [3.05, 3.63) is 0 Å². The van der Waals surface area contributed by atoms with Crippen molar-refractivity contribution in [2.24, 2.45) is 5.92 Å². The second-order valence-electron chi connectivity index (χ2n) is 2.50. The van der Waals surface area contributed by atoms with Crippen molar-refractivity contribution in [1.29, 1.82) is 5.26 Å². The summed E-state index contributed by atoms with van der Waals surface area (Å²) >= 11 is 0. The van der Waals surface area contributed by atoms with Gasteiger partial charge in [0.2, 0.25) is 0 Å². The molecule has 0 bridgehead atoms. The summed E-state index contributed by atoms with van der Waals surface area (Å²) in [4.78, 5) is 0. The van der Waals surface area contributed by atoms with Crippen molar-refractivity contribution >= 4 is 0 Å². The van der Waals surface area contributed by atoms with E-state index in [-0.39, 0.29) is 12.5 Å². The van der Waals surface area contributed by atoms with Crippen LogP contribution in [-0.4, -0.2) is 19.4 Å². The number of rotatable bonds is 1. The Labute approximate surface area is 59.6 Å². The molecular formula is C7H10FNO. The number of hydrogen-bond donors (Lipinski definition) is 0. The molecule has 0 saturated carbocycles. The highest BCUT2D eigenvalue weighted by atomic mass is 19.1. The summed E-state index contributed by atoms with van der Waals surface area (Å²) < 4.78 is 17.6. The molecule has 10 heavy (non-hydrogen) atoms. The van der Waals surface area contributed by atoms with E-state index < -0.39 is 6.17 Å². The van der Waals surface area contributed by atoms with Gasteiger partial charge in [0.1, 0.15) is 6.17 Å². The van der Waals surface area contributed by atoms with Crippen LogP contribution in [0.4, 0.5) is 4.39 Å². The second kappa shape index (κ2) is 3.52.